The third-order valence-electron chi connectivity index (χ3n) is 7.06. The van der Waals surface area contributed by atoms with Crippen molar-refractivity contribution in [1.29, 1.82) is 0 Å². The van der Waals surface area contributed by atoms with Crippen molar-refractivity contribution in [3.05, 3.63) is 83.9 Å². The smallest absolute Gasteiger partial charge is 0.0231 e. The predicted octanol–water partition coefficient (Wildman–Crippen LogP) is 12.0. The van der Waals surface area contributed by atoms with Crippen molar-refractivity contribution in [1.82, 2.24) is 0 Å². The lowest BCUT2D eigenvalue weighted by molar-refractivity contribution is 0.607. The quantitative estimate of drug-likeness (QED) is 0.111. The van der Waals surface area contributed by atoms with Gasteiger partial charge < -0.3 is 0 Å². The van der Waals surface area contributed by atoms with Gasteiger partial charge in [-0.25, -0.2) is 0 Å². The number of hydrogen-bond donors (Lipinski definition) is 0. The van der Waals surface area contributed by atoms with Crippen LogP contribution in [0.5, 0.6) is 0 Å². The van der Waals surface area contributed by atoms with Crippen molar-refractivity contribution in [2.75, 3.05) is 5.75 Å². The molecule has 0 radical (unpaired) electrons. The molecule has 3 aromatic rings. The maximum atomic E-state index is 2.33. The summed E-state index contributed by atoms with van der Waals surface area (Å²) in [7, 11) is 0. The third-order valence-corrected chi connectivity index (χ3v) is 9.24. The van der Waals surface area contributed by atoms with Crippen LogP contribution in [0.2, 0.25) is 0 Å². The Morgan fingerprint density at radius 1 is 0.432 bits per heavy atom. The molecule has 0 saturated carbocycles. The van der Waals surface area contributed by atoms with Gasteiger partial charge in [0.1, 0.15) is 0 Å². The van der Waals surface area contributed by atoms with Crippen molar-refractivity contribution >= 4 is 23.5 Å². The molecule has 0 saturated heterocycles. The van der Waals surface area contributed by atoms with Crippen molar-refractivity contribution < 1.29 is 0 Å². The number of aryl methyl sites for hydroxylation is 1. The molecule has 3 rings (SSSR count). The zero-order valence-corrected chi connectivity index (χ0v) is 25.0. The second-order valence-electron chi connectivity index (χ2n) is 10.3. The summed E-state index contributed by atoms with van der Waals surface area (Å²) in [5, 5.41) is 0. The van der Waals surface area contributed by atoms with Crippen molar-refractivity contribution in [3.8, 4) is 11.1 Å². The molecular formula is C35H48S2. The topological polar surface area (TPSA) is 0 Å². The summed E-state index contributed by atoms with van der Waals surface area (Å²) in [5.41, 5.74) is 5.51. The fraction of sp³-hybridized carbons (Fsp3) is 0.486. The molecule has 0 nitrogen and oxygen atoms in total. The molecule has 0 heterocycles. The Labute approximate surface area is 236 Å². The van der Waals surface area contributed by atoms with Gasteiger partial charge in [-0.2, -0.15) is 0 Å². The maximum absolute atomic E-state index is 2.33. The summed E-state index contributed by atoms with van der Waals surface area (Å²) in [6, 6.07) is 27.5. The Bertz CT molecular complexity index is 958. The number of hydrogen-bond acceptors (Lipinski definition) is 2. The minimum atomic E-state index is 1.03. The highest BCUT2D eigenvalue weighted by Gasteiger charge is 2.02. The lowest BCUT2D eigenvalue weighted by Gasteiger charge is -2.07. The van der Waals surface area contributed by atoms with E-state index in [0.29, 0.717) is 0 Å². The minimum absolute atomic E-state index is 1.03. The fourth-order valence-electron chi connectivity index (χ4n) is 4.64. The van der Waals surface area contributed by atoms with E-state index in [-0.39, 0.29) is 0 Å². The highest BCUT2D eigenvalue weighted by Crippen LogP contribution is 2.29. The third kappa shape index (κ3) is 12.2. The lowest BCUT2D eigenvalue weighted by Crippen LogP contribution is -1.88. The van der Waals surface area contributed by atoms with Crippen LogP contribution >= 0.6 is 23.5 Å². The highest BCUT2D eigenvalue weighted by atomic mass is 32.2. The van der Waals surface area contributed by atoms with E-state index in [1.807, 2.05) is 23.5 Å². The van der Waals surface area contributed by atoms with Gasteiger partial charge in [-0.1, -0.05) is 127 Å². The Morgan fingerprint density at radius 2 is 0.892 bits per heavy atom. The first-order chi connectivity index (χ1) is 18.3. The molecule has 0 aromatic heterocycles. The van der Waals surface area contributed by atoms with Gasteiger partial charge in [0.15, 0.2) is 0 Å². The van der Waals surface area contributed by atoms with E-state index in [2.05, 4.69) is 86.6 Å². The molecule has 200 valence electrons. The van der Waals surface area contributed by atoms with Gasteiger partial charge in [-0.3, -0.25) is 0 Å². The van der Waals surface area contributed by atoms with Crippen LogP contribution in [0.4, 0.5) is 0 Å². The standard InChI is InChI=1S/C35H48S2/c1-3-5-7-9-11-13-15-30-16-18-31(19-17-30)29-37-35-26-22-33(23-27-35)32-20-24-34(25-21-32)36-28-14-12-10-8-6-4-2/h16-27H,3-15,28-29H2,1-2H3. The minimum Gasteiger partial charge on any atom is -0.126 e. The highest BCUT2D eigenvalue weighted by molar-refractivity contribution is 7.99. The molecule has 0 aliphatic rings. The average Bonchev–Trinajstić information content (AvgIpc) is 2.94. The summed E-state index contributed by atoms with van der Waals surface area (Å²) in [6.07, 6.45) is 17.7. The molecule has 0 N–H and O–H groups in total. The fourth-order valence-corrected chi connectivity index (χ4v) is 6.40. The van der Waals surface area contributed by atoms with Crippen LogP contribution in [-0.2, 0) is 12.2 Å². The first-order valence-corrected chi connectivity index (χ1v) is 16.8. The van der Waals surface area contributed by atoms with Crippen molar-refractivity contribution in [3.63, 3.8) is 0 Å². The van der Waals surface area contributed by atoms with E-state index in [9.17, 15) is 0 Å². The number of unbranched alkanes of at least 4 members (excludes halogenated alkanes) is 10. The van der Waals surface area contributed by atoms with Gasteiger partial charge in [0.2, 0.25) is 0 Å². The van der Waals surface area contributed by atoms with Crippen LogP contribution in [-0.4, -0.2) is 5.75 Å². The Hall–Kier alpha value is -1.64. The summed E-state index contributed by atoms with van der Waals surface area (Å²) in [5.74, 6) is 2.26. The zero-order valence-electron chi connectivity index (χ0n) is 23.4. The van der Waals surface area contributed by atoms with E-state index >= 15 is 0 Å². The number of benzene rings is 3. The number of rotatable bonds is 19. The Kier molecular flexibility index (Phi) is 15.0. The monoisotopic (exact) mass is 532 g/mol. The van der Waals surface area contributed by atoms with Crippen LogP contribution < -0.4 is 0 Å². The van der Waals surface area contributed by atoms with Gasteiger partial charge in [0.05, 0.1) is 0 Å². The van der Waals surface area contributed by atoms with E-state index in [1.165, 1.54) is 121 Å². The van der Waals surface area contributed by atoms with Crippen LogP contribution in [0.1, 0.15) is 102 Å². The van der Waals surface area contributed by atoms with E-state index in [1.54, 1.807) is 0 Å². The number of thioether (sulfide) groups is 2. The first kappa shape index (κ1) is 29.9. The van der Waals surface area contributed by atoms with E-state index in [4.69, 9.17) is 0 Å². The van der Waals surface area contributed by atoms with E-state index in [0.717, 1.165) is 5.75 Å². The largest absolute Gasteiger partial charge is 0.126 e. The normalized spacial score (nSPS) is 11.2. The average molecular weight is 533 g/mol. The second kappa shape index (κ2) is 18.6. The Balaban J connectivity index is 1.36. The first-order valence-electron chi connectivity index (χ1n) is 14.8. The van der Waals surface area contributed by atoms with Crippen molar-refractivity contribution in [2.24, 2.45) is 0 Å². The van der Waals surface area contributed by atoms with Crippen LogP contribution in [0.25, 0.3) is 11.1 Å². The molecule has 0 aliphatic carbocycles. The molecule has 0 fully saturated rings. The maximum Gasteiger partial charge on any atom is 0.0231 e. The van der Waals surface area contributed by atoms with Gasteiger partial charge in [0.25, 0.3) is 0 Å². The lowest BCUT2D eigenvalue weighted by atomic mass is 10.0. The van der Waals surface area contributed by atoms with Crippen LogP contribution in [0, 0.1) is 0 Å². The molecule has 0 spiro atoms. The van der Waals surface area contributed by atoms with Crippen molar-refractivity contribution in [2.45, 2.75) is 113 Å². The second-order valence-corrected chi connectivity index (χ2v) is 12.5. The van der Waals surface area contributed by atoms with Gasteiger partial charge in [-0.15, -0.1) is 23.5 Å². The van der Waals surface area contributed by atoms with Gasteiger partial charge in [-0.05, 0) is 71.5 Å². The molecular weight excluding hydrogens is 485 g/mol. The molecule has 0 bridgehead atoms. The van der Waals surface area contributed by atoms with Crippen LogP contribution in [0.15, 0.2) is 82.6 Å². The summed E-state index contributed by atoms with van der Waals surface area (Å²) < 4.78 is 0. The molecule has 0 unspecified atom stereocenters. The molecule has 0 atom stereocenters. The summed E-state index contributed by atoms with van der Waals surface area (Å²) >= 11 is 3.93. The molecule has 0 aliphatic heterocycles. The molecule has 2 heteroatoms. The zero-order chi connectivity index (χ0) is 26.0. The predicted molar refractivity (Wildman–Crippen MR) is 169 cm³/mol. The summed E-state index contributed by atoms with van der Waals surface area (Å²) in [4.78, 5) is 2.73. The van der Waals surface area contributed by atoms with Gasteiger partial charge >= 0.3 is 0 Å². The Morgan fingerprint density at radius 3 is 1.46 bits per heavy atom. The molecule has 37 heavy (non-hydrogen) atoms. The van der Waals surface area contributed by atoms with Gasteiger partial charge in [0, 0.05) is 15.5 Å². The van der Waals surface area contributed by atoms with Crippen LogP contribution in [0.3, 0.4) is 0 Å². The van der Waals surface area contributed by atoms with E-state index < -0.39 is 0 Å². The molecule has 0 amide bonds. The molecule has 3 aromatic carbocycles. The summed E-state index contributed by atoms with van der Waals surface area (Å²) in [6.45, 7) is 4.57. The SMILES string of the molecule is CCCCCCCCSc1ccc(-c2ccc(SCc3ccc(CCCCCCCC)cc3)cc2)cc1.